The van der Waals surface area contributed by atoms with E-state index >= 15 is 0 Å². The topological polar surface area (TPSA) is 47.8 Å². The maximum absolute atomic E-state index is 11.8. The van der Waals surface area contributed by atoms with Gasteiger partial charge in [0.05, 0.1) is 0 Å². The van der Waals surface area contributed by atoms with Gasteiger partial charge in [-0.2, -0.15) is 5.10 Å². The molecule has 4 heteroatoms. The molecule has 4 nitrogen and oxygen atoms in total. The Morgan fingerprint density at radius 1 is 1.35 bits per heavy atom. The molecular weight excluding hydrogens is 214 g/mol. The first-order valence-electron chi connectivity index (χ1n) is 5.45. The summed E-state index contributed by atoms with van der Waals surface area (Å²) in [4.78, 5) is 15.7. The molecule has 17 heavy (non-hydrogen) atoms. The van der Waals surface area contributed by atoms with E-state index in [0.29, 0.717) is 5.69 Å². The number of aromatic nitrogens is 3. The molecule has 0 aliphatic rings. The third-order valence-electron chi connectivity index (χ3n) is 2.35. The second-order valence-corrected chi connectivity index (χ2v) is 3.53. The number of ketones is 1. The smallest absolute Gasteiger partial charge is 0.206 e. The minimum Gasteiger partial charge on any atom is -0.287 e. The summed E-state index contributed by atoms with van der Waals surface area (Å²) >= 11 is 0. The van der Waals surface area contributed by atoms with E-state index in [-0.39, 0.29) is 5.78 Å². The summed E-state index contributed by atoms with van der Waals surface area (Å²) in [5.41, 5.74) is 1.42. The van der Waals surface area contributed by atoms with E-state index in [1.165, 1.54) is 6.08 Å². The van der Waals surface area contributed by atoms with Gasteiger partial charge in [0.15, 0.2) is 0 Å². The Kier molecular flexibility index (Phi) is 3.45. The van der Waals surface area contributed by atoms with Gasteiger partial charge in [-0.1, -0.05) is 6.08 Å². The van der Waals surface area contributed by atoms with Gasteiger partial charge in [-0.05, 0) is 36.8 Å². The van der Waals surface area contributed by atoms with Crippen molar-refractivity contribution in [2.45, 2.75) is 13.5 Å². The van der Waals surface area contributed by atoms with E-state index in [4.69, 9.17) is 0 Å². The van der Waals surface area contributed by atoms with Gasteiger partial charge in [0.25, 0.3) is 0 Å². The molecule has 0 fully saturated rings. The molecule has 0 aliphatic carbocycles. The molecule has 2 heterocycles. The first kappa shape index (κ1) is 11.3. The lowest BCUT2D eigenvalue weighted by Gasteiger charge is -1.92. The van der Waals surface area contributed by atoms with Crippen LogP contribution in [0.25, 0.3) is 6.08 Å². The molecule has 2 aromatic heterocycles. The minimum atomic E-state index is -0.0889. The van der Waals surface area contributed by atoms with Crippen LogP contribution in [0, 0.1) is 0 Å². The summed E-state index contributed by atoms with van der Waals surface area (Å²) in [5.74, 6) is -0.0889. The summed E-state index contributed by atoms with van der Waals surface area (Å²) < 4.78 is 1.73. The van der Waals surface area contributed by atoms with E-state index < -0.39 is 0 Å². The number of carbonyl (C=O) groups is 1. The summed E-state index contributed by atoms with van der Waals surface area (Å²) in [6, 6.07) is 5.41. The third kappa shape index (κ3) is 2.87. The lowest BCUT2D eigenvalue weighted by atomic mass is 10.2. The standard InChI is InChI=1S/C13H13N3O/c1-2-16-10-7-12(15-16)13(17)4-3-11-5-8-14-9-6-11/h3-10H,2H2,1H3/b4-3+. The molecule has 0 atom stereocenters. The summed E-state index contributed by atoms with van der Waals surface area (Å²) in [7, 11) is 0. The number of hydrogen-bond acceptors (Lipinski definition) is 3. The van der Waals surface area contributed by atoms with Crippen LogP contribution in [0.1, 0.15) is 23.0 Å². The van der Waals surface area contributed by atoms with Crippen molar-refractivity contribution in [3.63, 3.8) is 0 Å². The number of rotatable bonds is 4. The fourth-order valence-corrected chi connectivity index (χ4v) is 1.40. The Labute approximate surface area is 99.6 Å². The Hall–Kier alpha value is -2.23. The predicted molar refractivity (Wildman–Crippen MR) is 65.5 cm³/mol. The zero-order valence-electron chi connectivity index (χ0n) is 9.58. The largest absolute Gasteiger partial charge is 0.287 e. The van der Waals surface area contributed by atoms with Crippen molar-refractivity contribution in [2.24, 2.45) is 0 Å². The number of aryl methyl sites for hydroxylation is 1. The zero-order valence-corrected chi connectivity index (χ0v) is 9.58. The van der Waals surface area contributed by atoms with Crippen LogP contribution < -0.4 is 0 Å². The minimum absolute atomic E-state index is 0.0889. The summed E-state index contributed by atoms with van der Waals surface area (Å²) in [6.45, 7) is 2.75. The number of carbonyl (C=O) groups excluding carboxylic acids is 1. The van der Waals surface area contributed by atoms with Gasteiger partial charge in [-0.3, -0.25) is 14.5 Å². The Morgan fingerprint density at radius 2 is 2.12 bits per heavy atom. The highest BCUT2D eigenvalue weighted by Gasteiger charge is 2.04. The average Bonchev–Trinajstić information content (AvgIpc) is 2.86. The molecule has 0 bridgehead atoms. The number of allylic oxidation sites excluding steroid dienone is 1. The highest BCUT2D eigenvalue weighted by atomic mass is 16.1. The molecule has 2 rings (SSSR count). The average molecular weight is 227 g/mol. The zero-order chi connectivity index (χ0) is 12.1. The van der Waals surface area contributed by atoms with Crippen LogP contribution in [0.5, 0.6) is 0 Å². The molecule has 86 valence electrons. The van der Waals surface area contributed by atoms with Gasteiger partial charge in [0, 0.05) is 25.1 Å². The van der Waals surface area contributed by atoms with Crippen LogP contribution in [0.3, 0.4) is 0 Å². The molecule has 0 unspecified atom stereocenters. The molecule has 0 amide bonds. The predicted octanol–water partition coefficient (Wildman–Crippen LogP) is 2.19. The van der Waals surface area contributed by atoms with Gasteiger partial charge >= 0.3 is 0 Å². The second kappa shape index (κ2) is 5.21. The highest BCUT2D eigenvalue weighted by molar-refractivity contribution is 6.05. The maximum atomic E-state index is 11.8. The number of nitrogens with zero attached hydrogens (tertiary/aromatic N) is 3. The van der Waals surface area contributed by atoms with E-state index in [0.717, 1.165) is 12.1 Å². The van der Waals surface area contributed by atoms with Gasteiger partial charge in [0.1, 0.15) is 5.69 Å². The van der Waals surface area contributed by atoms with E-state index in [2.05, 4.69) is 10.1 Å². The molecule has 0 radical (unpaired) electrons. The Morgan fingerprint density at radius 3 is 2.76 bits per heavy atom. The SMILES string of the molecule is CCn1ccc(C(=O)/C=C/c2ccncc2)n1. The van der Waals surface area contributed by atoms with Crippen LogP contribution >= 0.6 is 0 Å². The van der Waals surface area contributed by atoms with E-state index in [1.807, 2.05) is 19.1 Å². The molecule has 0 saturated heterocycles. The van der Waals surface area contributed by atoms with Crippen molar-refractivity contribution in [3.8, 4) is 0 Å². The van der Waals surface area contributed by atoms with Crippen LogP contribution in [0.2, 0.25) is 0 Å². The first-order valence-corrected chi connectivity index (χ1v) is 5.45. The van der Waals surface area contributed by atoms with Crippen molar-refractivity contribution in [1.29, 1.82) is 0 Å². The molecule has 0 saturated carbocycles. The van der Waals surface area contributed by atoms with Crippen LogP contribution in [0.15, 0.2) is 42.9 Å². The van der Waals surface area contributed by atoms with Crippen LogP contribution in [-0.4, -0.2) is 20.5 Å². The normalized spacial score (nSPS) is 10.9. The van der Waals surface area contributed by atoms with Gasteiger partial charge < -0.3 is 0 Å². The van der Waals surface area contributed by atoms with Crippen LogP contribution in [0.4, 0.5) is 0 Å². The fraction of sp³-hybridized carbons (Fsp3) is 0.154. The highest BCUT2D eigenvalue weighted by Crippen LogP contribution is 2.03. The van der Waals surface area contributed by atoms with Gasteiger partial charge in [-0.25, -0.2) is 0 Å². The van der Waals surface area contributed by atoms with Gasteiger partial charge in [-0.15, -0.1) is 0 Å². The van der Waals surface area contributed by atoms with E-state index in [9.17, 15) is 4.79 Å². The third-order valence-corrected chi connectivity index (χ3v) is 2.35. The van der Waals surface area contributed by atoms with Crippen molar-refractivity contribution in [2.75, 3.05) is 0 Å². The van der Waals surface area contributed by atoms with Crippen LogP contribution in [-0.2, 0) is 6.54 Å². The molecule has 0 aromatic carbocycles. The van der Waals surface area contributed by atoms with E-state index in [1.54, 1.807) is 35.4 Å². The lowest BCUT2D eigenvalue weighted by Crippen LogP contribution is -1.99. The van der Waals surface area contributed by atoms with Crippen molar-refractivity contribution in [1.82, 2.24) is 14.8 Å². The van der Waals surface area contributed by atoms with Crippen molar-refractivity contribution in [3.05, 3.63) is 54.1 Å². The number of pyridine rings is 1. The molecule has 2 aromatic rings. The Bertz CT molecular complexity index is 529. The lowest BCUT2D eigenvalue weighted by molar-refractivity contribution is 0.104. The second-order valence-electron chi connectivity index (χ2n) is 3.53. The van der Waals surface area contributed by atoms with Crippen molar-refractivity contribution >= 4 is 11.9 Å². The molecule has 0 aliphatic heterocycles. The molecular formula is C13H13N3O. The maximum Gasteiger partial charge on any atom is 0.206 e. The number of hydrogen-bond donors (Lipinski definition) is 0. The van der Waals surface area contributed by atoms with Gasteiger partial charge in [0.2, 0.25) is 5.78 Å². The summed E-state index contributed by atoms with van der Waals surface area (Å²) in [5, 5.41) is 4.14. The monoisotopic (exact) mass is 227 g/mol. The first-order chi connectivity index (χ1) is 8.29. The quantitative estimate of drug-likeness (QED) is 0.594. The Balaban J connectivity index is 2.09. The van der Waals surface area contributed by atoms with Crippen molar-refractivity contribution < 1.29 is 4.79 Å². The molecule has 0 spiro atoms. The summed E-state index contributed by atoms with van der Waals surface area (Å²) in [6.07, 6.45) is 8.46. The fourth-order valence-electron chi connectivity index (χ4n) is 1.40. The molecule has 0 N–H and O–H groups in total.